The minimum atomic E-state index is -0.381. The largest absolute Gasteiger partial charge is 0.497 e. The van der Waals surface area contributed by atoms with Crippen LogP contribution in [0.2, 0.25) is 5.02 Å². The third kappa shape index (κ3) is 5.23. The number of aromatic nitrogens is 1. The van der Waals surface area contributed by atoms with Crippen molar-refractivity contribution in [3.05, 3.63) is 76.4 Å². The number of nitrogens with one attached hydrogen (secondary N) is 1. The van der Waals surface area contributed by atoms with Gasteiger partial charge in [0.05, 0.1) is 12.1 Å². The first-order valence-corrected chi connectivity index (χ1v) is 8.87. The molecule has 28 heavy (non-hydrogen) atoms. The summed E-state index contributed by atoms with van der Waals surface area (Å²) >= 11 is 6.11. The topological polar surface area (TPSA) is 73.6 Å². The van der Waals surface area contributed by atoms with Crippen LogP contribution in [0.3, 0.4) is 0 Å². The van der Waals surface area contributed by atoms with Gasteiger partial charge in [0, 0.05) is 18.7 Å². The number of methoxy groups -OCH3 is 1. The lowest BCUT2D eigenvalue weighted by Gasteiger charge is -2.07. The van der Waals surface area contributed by atoms with Gasteiger partial charge in [0.25, 0.3) is 5.91 Å². The van der Waals surface area contributed by atoms with Crippen molar-refractivity contribution in [2.24, 2.45) is 0 Å². The van der Waals surface area contributed by atoms with Crippen molar-refractivity contribution in [2.45, 2.75) is 13.0 Å². The van der Waals surface area contributed by atoms with E-state index in [0.717, 1.165) is 5.56 Å². The first-order valence-electron chi connectivity index (χ1n) is 8.49. The molecule has 0 fully saturated rings. The molecular formula is C20H18ClFN2O4. The number of nitrogens with zero attached hydrogens (tertiary/aromatic N) is 1. The van der Waals surface area contributed by atoms with Gasteiger partial charge in [0.2, 0.25) is 0 Å². The van der Waals surface area contributed by atoms with E-state index in [-0.39, 0.29) is 24.0 Å². The van der Waals surface area contributed by atoms with Crippen LogP contribution < -0.4 is 14.8 Å². The Hall–Kier alpha value is -3.06. The maximum Gasteiger partial charge on any atom is 0.273 e. The predicted octanol–water partition coefficient (Wildman–Crippen LogP) is 4.03. The Kier molecular flexibility index (Phi) is 6.49. The lowest BCUT2D eigenvalue weighted by molar-refractivity contribution is 0.0944. The van der Waals surface area contributed by atoms with Gasteiger partial charge >= 0.3 is 0 Å². The average molecular weight is 405 g/mol. The van der Waals surface area contributed by atoms with Gasteiger partial charge in [-0.3, -0.25) is 4.79 Å². The van der Waals surface area contributed by atoms with E-state index in [1.807, 2.05) is 0 Å². The summed E-state index contributed by atoms with van der Waals surface area (Å²) in [5.74, 6) is 0.771. The minimum absolute atomic E-state index is 0.0651. The summed E-state index contributed by atoms with van der Waals surface area (Å²) in [6.07, 6.45) is 0.507. The maximum atomic E-state index is 13.1. The first-order chi connectivity index (χ1) is 13.5. The summed E-state index contributed by atoms with van der Waals surface area (Å²) in [5.41, 5.74) is 0.935. The number of amides is 1. The Labute approximate surface area is 166 Å². The van der Waals surface area contributed by atoms with E-state index in [4.69, 9.17) is 25.6 Å². The third-order valence-corrected chi connectivity index (χ3v) is 4.18. The van der Waals surface area contributed by atoms with Crippen LogP contribution in [0, 0.1) is 5.82 Å². The molecule has 0 aliphatic rings. The number of hydrogen-bond acceptors (Lipinski definition) is 5. The Balaban J connectivity index is 1.49. The number of benzene rings is 2. The second kappa shape index (κ2) is 9.23. The van der Waals surface area contributed by atoms with Gasteiger partial charge in [-0.1, -0.05) is 28.9 Å². The highest BCUT2D eigenvalue weighted by Gasteiger charge is 2.13. The van der Waals surface area contributed by atoms with Crippen LogP contribution in [0.5, 0.6) is 11.5 Å². The van der Waals surface area contributed by atoms with Crippen LogP contribution in [-0.2, 0) is 13.0 Å². The minimum Gasteiger partial charge on any atom is -0.497 e. The zero-order valence-electron chi connectivity index (χ0n) is 15.1. The van der Waals surface area contributed by atoms with Crippen molar-refractivity contribution >= 4 is 17.5 Å². The zero-order chi connectivity index (χ0) is 19.9. The lowest BCUT2D eigenvalue weighted by atomic mass is 10.1. The Morgan fingerprint density at radius 3 is 2.86 bits per heavy atom. The number of ether oxygens (including phenoxy) is 2. The molecule has 0 spiro atoms. The van der Waals surface area contributed by atoms with Gasteiger partial charge in [-0.2, -0.15) is 0 Å². The van der Waals surface area contributed by atoms with Crippen molar-refractivity contribution in [2.75, 3.05) is 13.7 Å². The summed E-state index contributed by atoms with van der Waals surface area (Å²) in [7, 11) is 1.55. The highest BCUT2D eigenvalue weighted by atomic mass is 35.5. The van der Waals surface area contributed by atoms with E-state index in [0.29, 0.717) is 35.2 Å². The highest BCUT2D eigenvalue weighted by Crippen LogP contribution is 2.29. The molecule has 146 valence electrons. The van der Waals surface area contributed by atoms with Crippen molar-refractivity contribution < 1.29 is 23.2 Å². The van der Waals surface area contributed by atoms with Crippen molar-refractivity contribution in [3.63, 3.8) is 0 Å². The van der Waals surface area contributed by atoms with Crippen LogP contribution in [0.15, 0.2) is 53.1 Å². The molecule has 0 aliphatic carbocycles. The van der Waals surface area contributed by atoms with Crippen LogP contribution in [-0.4, -0.2) is 24.7 Å². The van der Waals surface area contributed by atoms with Gasteiger partial charge in [0.15, 0.2) is 11.5 Å². The molecular weight excluding hydrogens is 387 g/mol. The molecule has 1 amide bonds. The average Bonchev–Trinajstić information content (AvgIpc) is 3.16. The number of hydrogen-bond donors (Lipinski definition) is 1. The van der Waals surface area contributed by atoms with Crippen LogP contribution >= 0.6 is 11.6 Å². The van der Waals surface area contributed by atoms with Crippen LogP contribution in [0.4, 0.5) is 4.39 Å². The summed E-state index contributed by atoms with van der Waals surface area (Å²) in [5, 5.41) is 6.85. The smallest absolute Gasteiger partial charge is 0.273 e. The molecule has 8 heteroatoms. The van der Waals surface area contributed by atoms with E-state index >= 15 is 0 Å². The SMILES string of the molecule is COc1ccc(OCc2cc(C(=O)NCCc3cccc(F)c3)no2)c(Cl)c1. The van der Waals surface area contributed by atoms with E-state index in [2.05, 4.69) is 10.5 Å². The van der Waals surface area contributed by atoms with Gasteiger partial charge in [0.1, 0.15) is 23.9 Å². The number of carbonyl (C=O) groups is 1. The molecule has 6 nitrogen and oxygen atoms in total. The molecule has 1 heterocycles. The fourth-order valence-electron chi connectivity index (χ4n) is 2.47. The summed E-state index contributed by atoms with van der Waals surface area (Å²) < 4.78 is 28.9. The van der Waals surface area contributed by atoms with E-state index in [1.165, 1.54) is 18.2 Å². The fourth-order valence-corrected chi connectivity index (χ4v) is 2.69. The van der Waals surface area contributed by atoms with Crippen LogP contribution in [0.25, 0.3) is 0 Å². The Morgan fingerprint density at radius 1 is 1.25 bits per heavy atom. The Bertz CT molecular complexity index is 961. The van der Waals surface area contributed by atoms with Gasteiger partial charge in [-0.15, -0.1) is 0 Å². The first kappa shape index (κ1) is 19.7. The zero-order valence-corrected chi connectivity index (χ0v) is 15.8. The van der Waals surface area contributed by atoms with Gasteiger partial charge in [-0.25, -0.2) is 4.39 Å². The van der Waals surface area contributed by atoms with Gasteiger partial charge in [-0.05, 0) is 36.2 Å². The monoisotopic (exact) mass is 404 g/mol. The number of halogens is 2. The van der Waals surface area contributed by atoms with Crippen LogP contribution in [0.1, 0.15) is 21.8 Å². The second-order valence-electron chi connectivity index (χ2n) is 5.90. The van der Waals surface area contributed by atoms with Gasteiger partial charge < -0.3 is 19.3 Å². The molecule has 0 saturated heterocycles. The normalized spacial score (nSPS) is 10.5. The van der Waals surface area contributed by atoms with E-state index < -0.39 is 0 Å². The molecule has 0 saturated carbocycles. The van der Waals surface area contributed by atoms with Crippen molar-refractivity contribution in [1.29, 1.82) is 0 Å². The van der Waals surface area contributed by atoms with Crippen molar-refractivity contribution in [1.82, 2.24) is 10.5 Å². The quantitative estimate of drug-likeness (QED) is 0.613. The molecule has 0 bridgehead atoms. The van der Waals surface area contributed by atoms with Crippen molar-refractivity contribution in [3.8, 4) is 11.5 Å². The maximum absolute atomic E-state index is 13.1. The summed E-state index contributed by atoms with van der Waals surface area (Å²) in [4.78, 5) is 12.1. The molecule has 3 rings (SSSR count). The third-order valence-electron chi connectivity index (χ3n) is 3.89. The molecule has 1 aromatic heterocycles. The standard InChI is InChI=1S/C20H18ClFN2O4/c1-26-15-5-6-19(17(21)10-15)27-12-16-11-18(24-28-16)20(25)23-8-7-13-3-2-4-14(22)9-13/h2-6,9-11H,7-8,12H2,1H3,(H,23,25). The summed E-state index contributed by atoms with van der Waals surface area (Å²) in [6, 6.07) is 12.8. The van der Waals surface area contributed by atoms with E-state index in [9.17, 15) is 9.18 Å². The molecule has 0 aliphatic heterocycles. The molecule has 0 atom stereocenters. The molecule has 1 N–H and O–H groups in total. The fraction of sp³-hybridized carbons (Fsp3) is 0.200. The molecule has 3 aromatic rings. The molecule has 0 radical (unpaired) electrons. The highest BCUT2D eigenvalue weighted by molar-refractivity contribution is 6.32. The molecule has 0 unspecified atom stereocenters. The molecule has 2 aromatic carbocycles. The number of carbonyl (C=O) groups excluding carboxylic acids is 1. The second-order valence-corrected chi connectivity index (χ2v) is 6.31. The summed E-state index contributed by atoms with van der Waals surface area (Å²) in [6.45, 7) is 0.415. The predicted molar refractivity (Wildman–Crippen MR) is 101 cm³/mol. The Morgan fingerprint density at radius 2 is 2.11 bits per heavy atom. The van der Waals surface area contributed by atoms with E-state index in [1.54, 1.807) is 37.4 Å². The lowest BCUT2D eigenvalue weighted by Crippen LogP contribution is -2.25. The number of rotatable bonds is 8.